The Morgan fingerprint density at radius 3 is 2.27 bits per heavy atom. The van der Waals surface area contributed by atoms with Gasteiger partial charge in [-0.25, -0.2) is 9.97 Å². The van der Waals surface area contributed by atoms with E-state index in [0.29, 0.717) is 33.8 Å². The number of hydrogen-bond donors (Lipinski definition) is 1. The van der Waals surface area contributed by atoms with Gasteiger partial charge in [0.05, 0.1) is 19.7 Å². The van der Waals surface area contributed by atoms with Crippen LogP contribution in [0.25, 0.3) is 10.9 Å². The quantitative estimate of drug-likeness (QED) is 0.403. The summed E-state index contributed by atoms with van der Waals surface area (Å²) in [5.41, 5.74) is 2.67. The summed E-state index contributed by atoms with van der Waals surface area (Å²) in [5, 5.41) is 4.87. The molecule has 0 radical (unpaired) electrons. The molecule has 30 heavy (non-hydrogen) atoms. The fraction of sp³-hybridized carbons (Fsp3) is 0.130. The minimum Gasteiger partial charge on any atom is -0.493 e. The van der Waals surface area contributed by atoms with Gasteiger partial charge in [0, 0.05) is 28.2 Å². The third-order valence-electron chi connectivity index (χ3n) is 4.65. The van der Waals surface area contributed by atoms with Gasteiger partial charge in [-0.1, -0.05) is 17.7 Å². The van der Waals surface area contributed by atoms with Crippen molar-refractivity contribution in [1.82, 2.24) is 9.97 Å². The number of ether oxygens (including phenoxy) is 3. The molecule has 1 heterocycles. The van der Waals surface area contributed by atoms with Crippen molar-refractivity contribution in [3.05, 3.63) is 71.5 Å². The van der Waals surface area contributed by atoms with E-state index in [0.717, 1.165) is 22.2 Å². The monoisotopic (exact) mass is 421 g/mol. The predicted octanol–water partition coefficient (Wildman–Crippen LogP) is 6.14. The van der Waals surface area contributed by atoms with Gasteiger partial charge in [-0.05, 0) is 48.9 Å². The van der Waals surface area contributed by atoms with Gasteiger partial charge < -0.3 is 19.5 Å². The van der Waals surface area contributed by atoms with E-state index in [1.165, 1.54) is 6.33 Å². The minimum absolute atomic E-state index is 0.611. The fourth-order valence-electron chi connectivity index (χ4n) is 3.05. The molecule has 0 atom stereocenters. The van der Waals surface area contributed by atoms with Crippen molar-refractivity contribution in [3.63, 3.8) is 0 Å². The number of rotatable bonds is 6. The maximum atomic E-state index is 5.95. The van der Waals surface area contributed by atoms with Crippen LogP contribution >= 0.6 is 11.6 Å². The van der Waals surface area contributed by atoms with Crippen LogP contribution in [-0.2, 0) is 0 Å². The van der Waals surface area contributed by atoms with E-state index in [2.05, 4.69) is 15.3 Å². The molecule has 0 saturated carbocycles. The molecule has 7 heteroatoms. The summed E-state index contributed by atoms with van der Waals surface area (Å²) in [6.45, 7) is 2.02. The Kier molecular flexibility index (Phi) is 5.59. The van der Waals surface area contributed by atoms with Gasteiger partial charge in [0.1, 0.15) is 23.6 Å². The van der Waals surface area contributed by atoms with Crippen molar-refractivity contribution in [2.45, 2.75) is 6.92 Å². The first-order valence-corrected chi connectivity index (χ1v) is 9.63. The van der Waals surface area contributed by atoms with Gasteiger partial charge >= 0.3 is 0 Å². The second kappa shape index (κ2) is 8.47. The van der Waals surface area contributed by atoms with Crippen molar-refractivity contribution >= 4 is 34.0 Å². The molecule has 6 nitrogen and oxygen atoms in total. The number of anilines is 2. The largest absolute Gasteiger partial charge is 0.493 e. The average Bonchev–Trinajstić information content (AvgIpc) is 2.77. The van der Waals surface area contributed by atoms with E-state index in [9.17, 15) is 0 Å². The molecule has 1 aromatic heterocycles. The molecule has 0 fully saturated rings. The Morgan fingerprint density at radius 1 is 0.833 bits per heavy atom. The van der Waals surface area contributed by atoms with E-state index in [4.69, 9.17) is 25.8 Å². The summed E-state index contributed by atoms with van der Waals surface area (Å²) in [6, 6.07) is 16.8. The Hall–Kier alpha value is -3.51. The number of nitrogens with one attached hydrogen (secondary N) is 1. The Bertz CT molecular complexity index is 1200. The maximum Gasteiger partial charge on any atom is 0.162 e. The van der Waals surface area contributed by atoms with Crippen molar-refractivity contribution in [2.24, 2.45) is 0 Å². The van der Waals surface area contributed by atoms with Crippen molar-refractivity contribution in [3.8, 4) is 23.0 Å². The smallest absolute Gasteiger partial charge is 0.162 e. The van der Waals surface area contributed by atoms with Gasteiger partial charge in [0.2, 0.25) is 0 Å². The highest BCUT2D eigenvalue weighted by atomic mass is 35.5. The number of halogens is 1. The third kappa shape index (κ3) is 4.09. The third-order valence-corrected chi connectivity index (χ3v) is 4.90. The average molecular weight is 422 g/mol. The first-order valence-electron chi connectivity index (χ1n) is 9.25. The molecule has 0 bridgehead atoms. The fourth-order valence-corrected chi connectivity index (χ4v) is 3.17. The molecule has 4 rings (SSSR count). The highest BCUT2D eigenvalue weighted by Crippen LogP contribution is 2.35. The van der Waals surface area contributed by atoms with Crippen LogP contribution in [-0.4, -0.2) is 24.2 Å². The van der Waals surface area contributed by atoms with Crippen LogP contribution in [0.3, 0.4) is 0 Å². The van der Waals surface area contributed by atoms with E-state index >= 15 is 0 Å². The molecule has 152 valence electrons. The van der Waals surface area contributed by atoms with E-state index in [1.54, 1.807) is 26.4 Å². The Balaban J connectivity index is 1.68. The number of hydrogen-bond acceptors (Lipinski definition) is 6. The molecule has 0 amide bonds. The number of methoxy groups -OCH3 is 2. The zero-order valence-electron chi connectivity index (χ0n) is 16.8. The van der Waals surface area contributed by atoms with Crippen LogP contribution in [0.4, 0.5) is 11.5 Å². The van der Waals surface area contributed by atoms with Crippen molar-refractivity contribution < 1.29 is 14.2 Å². The molecular formula is C23H20ClN3O3. The number of nitrogens with zero attached hydrogens (tertiary/aromatic N) is 2. The summed E-state index contributed by atoms with van der Waals surface area (Å²) >= 11 is 5.94. The van der Waals surface area contributed by atoms with Gasteiger partial charge in [-0.15, -0.1) is 0 Å². The number of fused-ring (bicyclic) bond motifs is 1. The first-order chi connectivity index (χ1) is 14.6. The van der Waals surface area contributed by atoms with Crippen molar-refractivity contribution in [1.29, 1.82) is 0 Å². The van der Waals surface area contributed by atoms with Crippen LogP contribution in [0.5, 0.6) is 23.0 Å². The lowest BCUT2D eigenvalue weighted by molar-refractivity contribution is 0.356. The lowest BCUT2D eigenvalue weighted by Gasteiger charge is -2.14. The second-order valence-corrected chi connectivity index (χ2v) is 7.04. The minimum atomic E-state index is 0.611. The molecule has 3 aromatic carbocycles. The van der Waals surface area contributed by atoms with Crippen molar-refractivity contribution in [2.75, 3.05) is 19.5 Å². The zero-order chi connectivity index (χ0) is 21.1. The second-order valence-electron chi connectivity index (χ2n) is 6.60. The Labute approximate surface area is 179 Å². The van der Waals surface area contributed by atoms with E-state index in [-0.39, 0.29) is 0 Å². The number of aryl methyl sites for hydroxylation is 1. The zero-order valence-corrected chi connectivity index (χ0v) is 17.5. The van der Waals surface area contributed by atoms with Gasteiger partial charge in [0.15, 0.2) is 11.5 Å². The molecule has 0 saturated heterocycles. The predicted molar refractivity (Wildman–Crippen MR) is 119 cm³/mol. The lowest BCUT2D eigenvalue weighted by Crippen LogP contribution is -1.99. The van der Waals surface area contributed by atoms with E-state index < -0.39 is 0 Å². The summed E-state index contributed by atoms with van der Waals surface area (Å²) in [6.07, 6.45) is 1.51. The molecule has 0 unspecified atom stereocenters. The lowest BCUT2D eigenvalue weighted by atomic mass is 10.1. The summed E-state index contributed by atoms with van der Waals surface area (Å²) < 4.78 is 16.8. The van der Waals surface area contributed by atoms with Gasteiger partial charge in [-0.2, -0.15) is 0 Å². The normalized spacial score (nSPS) is 10.7. The molecule has 0 aliphatic heterocycles. The molecule has 4 aromatic rings. The Morgan fingerprint density at radius 2 is 1.53 bits per heavy atom. The van der Waals surface area contributed by atoms with Crippen LogP contribution < -0.4 is 19.5 Å². The molecule has 0 spiro atoms. The maximum absolute atomic E-state index is 5.95. The first kappa shape index (κ1) is 19.8. The molecule has 0 aliphatic carbocycles. The standard InChI is InChI=1S/C23H20ClN3O3/c1-14-4-7-17(30-16-8-5-15(24)6-9-16)10-19(14)27-23-18-11-21(28-2)22(29-3)12-20(18)25-13-26-23/h4-13H,1-3H3,(H,25,26,27). The van der Waals surface area contributed by atoms with E-state index in [1.807, 2.05) is 49.4 Å². The van der Waals surface area contributed by atoms with Crippen LogP contribution in [0.15, 0.2) is 60.9 Å². The summed E-state index contributed by atoms with van der Waals surface area (Å²) in [4.78, 5) is 8.77. The SMILES string of the molecule is COc1cc2ncnc(Nc3cc(Oc4ccc(Cl)cc4)ccc3C)c2cc1OC. The van der Waals surface area contributed by atoms with Crippen LogP contribution in [0, 0.1) is 6.92 Å². The number of aromatic nitrogens is 2. The van der Waals surface area contributed by atoms with Crippen LogP contribution in [0.2, 0.25) is 5.02 Å². The molecule has 0 aliphatic rings. The highest BCUT2D eigenvalue weighted by Gasteiger charge is 2.12. The summed E-state index contributed by atoms with van der Waals surface area (Å²) in [5.74, 6) is 3.29. The number of benzene rings is 3. The van der Waals surface area contributed by atoms with Crippen LogP contribution in [0.1, 0.15) is 5.56 Å². The van der Waals surface area contributed by atoms with Gasteiger partial charge in [-0.3, -0.25) is 0 Å². The topological polar surface area (TPSA) is 65.5 Å². The summed E-state index contributed by atoms with van der Waals surface area (Å²) in [7, 11) is 3.20. The highest BCUT2D eigenvalue weighted by molar-refractivity contribution is 6.30. The molecule has 1 N–H and O–H groups in total. The van der Waals surface area contributed by atoms with Gasteiger partial charge in [0.25, 0.3) is 0 Å². The molecular weight excluding hydrogens is 402 g/mol.